The highest BCUT2D eigenvalue weighted by molar-refractivity contribution is 5.92. The van der Waals surface area contributed by atoms with Crippen molar-refractivity contribution in [2.45, 2.75) is 20.4 Å². The van der Waals surface area contributed by atoms with Gasteiger partial charge in [0.1, 0.15) is 11.6 Å². The highest BCUT2D eigenvalue weighted by Crippen LogP contribution is 2.11. The molecule has 6 heteroatoms. The zero-order valence-corrected chi connectivity index (χ0v) is 11.4. The number of aromatic nitrogens is 1. The second-order valence-electron chi connectivity index (χ2n) is 4.46. The molecule has 106 valence electrons. The Morgan fingerprint density at radius 2 is 2.00 bits per heavy atom. The van der Waals surface area contributed by atoms with Crippen LogP contribution in [0.1, 0.15) is 17.0 Å². The first kappa shape index (κ1) is 14.2. The van der Waals surface area contributed by atoms with Gasteiger partial charge in [0.25, 0.3) is 0 Å². The topological polar surface area (TPSA) is 67.2 Å². The lowest BCUT2D eigenvalue weighted by Crippen LogP contribution is -2.28. The molecule has 0 atom stereocenters. The quantitative estimate of drug-likeness (QED) is 0.879. The molecule has 0 unspecified atom stereocenters. The summed E-state index contributed by atoms with van der Waals surface area (Å²) in [7, 11) is 0. The minimum Gasteiger partial charge on any atom is -0.361 e. The SMILES string of the molecule is Cc1noc(C)c1CNCC(=O)Nc1ccc(F)cc1. The van der Waals surface area contributed by atoms with Gasteiger partial charge in [-0.2, -0.15) is 0 Å². The van der Waals surface area contributed by atoms with Crippen molar-refractivity contribution in [3.63, 3.8) is 0 Å². The van der Waals surface area contributed by atoms with E-state index in [2.05, 4.69) is 15.8 Å². The largest absolute Gasteiger partial charge is 0.361 e. The fourth-order valence-corrected chi connectivity index (χ4v) is 1.79. The summed E-state index contributed by atoms with van der Waals surface area (Å²) >= 11 is 0. The number of nitrogens with zero attached hydrogens (tertiary/aromatic N) is 1. The predicted octanol–water partition coefficient (Wildman–Crippen LogP) is 2.16. The molecule has 0 aliphatic rings. The average Bonchev–Trinajstić information content (AvgIpc) is 2.73. The Bertz CT molecular complexity index is 573. The number of carbonyl (C=O) groups excluding carboxylic acids is 1. The van der Waals surface area contributed by atoms with Gasteiger partial charge in [-0.3, -0.25) is 4.79 Å². The summed E-state index contributed by atoms with van der Waals surface area (Å²) in [5, 5.41) is 9.52. The van der Waals surface area contributed by atoms with Gasteiger partial charge in [0, 0.05) is 17.8 Å². The molecule has 20 heavy (non-hydrogen) atoms. The Kier molecular flexibility index (Phi) is 4.47. The molecule has 2 N–H and O–H groups in total. The van der Waals surface area contributed by atoms with Crippen LogP contribution in [0.3, 0.4) is 0 Å². The maximum atomic E-state index is 12.7. The molecule has 1 amide bonds. The van der Waals surface area contributed by atoms with Gasteiger partial charge in [-0.25, -0.2) is 4.39 Å². The van der Waals surface area contributed by atoms with E-state index < -0.39 is 0 Å². The lowest BCUT2D eigenvalue weighted by atomic mass is 10.2. The zero-order valence-electron chi connectivity index (χ0n) is 11.4. The number of halogens is 1. The highest BCUT2D eigenvalue weighted by Gasteiger charge is 2.09. The molecule has 0 fully saturated rings. The maximum Gasteiger partial charge on any atom is 0.238 e. The summed E-state index contributed by atoms with van der Waals surface area (Å²) in [6, 6.07) is 5.63. The fraction of sp³-hybridized carbons (Fsp3) is 0.286. The van der Waals surface area contributed by atoms with Gasteiger partial charge >= 0.3 is 0 Å². The van der Waals surface area contributed by atoms with Gasteiger partial charge in [0.15, 0.2) is 0 Å². The van der Waals surface area contributed by atoms with E-state index in [4.69, 9.17) is 4.52 Å². The molecular formula is C14H16FN3O2. The molecule has 2 aromatic rings. The Hall–Kier alpha value is -2.21. The summed E-state index contributed by atoms with van der Waals surface area (Å²) < 4.78 is 17.8. The lowest BCUT2D eigenvalue weighted by molar-refractivity contribution is -0.115. The van der Waals surface area contributed by atoms with E-state index in [1.165, 1.54) is 24.3 Å². The summed E-state index contributed by atoms with van der Waals surface area (Å²) in [5.74, 6) is 0.219. The Morgan fingerprint density at radius 3 is 2.60 bits per heavy atom. The Morgan fingerprint density at radius 1 is 1.30 bits per heavy atom. The van der Waals surface area contributed by atoms with Crippen LogP contribution < -0.4 is 10.6 Å². The van der Waals surface area contributed by atoms with Gasteiger partial charge in [-0.15, -0.1) is 0 Å². The molecular weight excluding hydrogens is 261 g/mol. The van der Waals surface area contributed by atoms with Gasteiger partial charge < -0.3 is 15.2 Å². The van der Waals surface area contributed by atoms with E-state index in [1.807, 2.05) is 13.8 Å². The maximum absolute atomic E-state index is 12.7. The molecule has 2 rings (SSSR count). The zero-order chi connectivity index (χ0) is 14.5. The third-order valence-corrected chi connectivity index (χ3v) is 2.90. The molecule has 5 nitrogen and oxygen atoms in total. The van der Waals surface area contributed by atoms with Crippen LogP contribution in [0.25, 0.3) is 0 Å². The molecule has 0 aliphatic carbocycles. The van der Waals surface area contributed by atoms with Crippen molar-refractivity contribution in [2.75, 3.05) is 11.9 Å². The second kappa shape index (κ2) is 6.29. The summed E-state index contributed by atoms with van der Waals surface area (Å²) in [6.45, 7) is 4.35. The predicted molar refractivity (Wildman–Crippen MR) is 72.7 cm³/mol. The minimum atomic E-state index is -0.334. The van der Waals surface area contributed by atoms with Gasteiger partial charge in [-0.1, -0.05) is 5.16 Å². The van der Waals surface area contributed by atoms with Crippen LogP contribution in [0.2, 0.25) is 0 Å². The second-order valence-corrected chi connectivity index (χ2v) is 4.46. The monoisotopic (exact) mass is 277 g/mol. The first-order chi connectivity index (χ1) is 9.56. The molecule has 0 saturated carbocycles. The van der Waals surface area contributed by atoms with E-state index >= 15 is 0 Å². The molecule has 1 aromatic heterocycles. The lowest BCUT2D eigenvalue weighted by Gasteiger charge is -2.06. The number of hydrogen-bond donors (Lipinski definition) is 2. The van der Waals surface area contributed by atoms with Crippen molar-refractivity contribution < 1.29 is 13.7 Å². The number of anilines is 1. The van der Waals surface area contributed by atoms with E-state index in [0.29, 0.717) is 12.2 Å². The van der Waals surface area contributed by atoms with Crippen molar-refractivity contribution in [3.05, 3.63) is 47.1 Å². The van der Waals surface area contributed by atoms with Crippen molar-refractivity contribution in [1.82, 2.24) is 10.5 Å². The summed E-state index contributed by atoms with van der Waals surface area (Å²) in [5.41, 5.74) is 2.34. The van der Waals surface area contributed by atoms with Gasteiger partial charge in [0.2, 0.25) is 5.91 Å². The number of rotatable bonds is 5. The number of nitrogens with one attached hydrogen (secondary N) is 2. The third kappa shape index (κ3) is 3.64. The average molecular weight is 277 g/mol. The third-order valence-electron chi connectivity index (χ3n) is 2.90. The van der Waals surface area contributed by atoms with Crippen LogP contribution in [-0.4, -0.2) is 17.6 Å². The van der Waals surface area contributed by atoms with Crippen molar-refractivity contribution in [1.29, 1.82) is 0 Å². The first-order valence-electron chi connectivity index (χ1n) is 6.24. The van der Waals surface area contributed by atoms with E-state index in [-0.39, 0.29) is 18.3 Å². The van der Waals surface area contributed by atoms with Crippen LogP contribution >= 0.6 is 0 Å². The smallest absolute Gasteiger partial charge is 0.238 e. The first-order valence-corrected chi connectivity index (χ1v) is 6.24. The van der Waals surface area contributed by atoms with Crippen molar-refractivity contribution in [3.8, 4) is 0 Å². The van der Waals surface area contributed by atoms with Crippen molar-refractivity contribution >= 4 is 11.6 Å². The fourth-order valence-electron chi connectivity index (χ4n) is 1.79. The standard InChI is InChI=1S/C14H16FN3O2/c1-9-13(10(2)20-18-9)7-16-8-14(19)17-12-5-3-11(15)4-6-12/h3-6,16H,7-8H2,1-2H3,(H,17,19). The van der Waals surface area contributed by atoms with Crippen LogP contribution in [-0.2, 0) is 11.3 Å². The van der Waals surface area contributed by atoms with Crippen LogP contribution in [0.4, 0.5) is 10.1 Å². The molecule has 1 heterocycles. The molecule has 0 bridgehead atoms. The molecule has 0 spiro atoms. The van der Waals surface area contributed by atoms with Crippen LogP contribution in [0.15, 0.2) is 28.8 Å². The van der Waals surface area contributed by atoms with E-state index in [9.17, 15) is 9.18 Å². The number of benzene rings is 1. The number of carbonyl (C=O) groups is 1. The Balaban J connectivity index is 1.79. The molecule has 0 saturated heterocycles. The molecule has 1 aromatic carbocycles. The Labute approximate surface area is 116 Å². The normalized spacial score (nSPS) is 10.6. The van der Waals surface area contributed by atoms with Crippen molar-refractivity contribution in [2.24, 2.45) is 0 Å². The van der Waals surface area contributed by atoms with Gasteiger partial charge in [-0.05, 0) is 38.1 Å². The summed E-state index contributed by atoms with van der Waals surface area (Å²) in [4.78, 5) is 11.7. The number of aryl methyl sites for hydroxylation is 2. The number of hydrogen-bond acceptors (Lipinski definition) is 4. The number of amides is 1. The van der Waals surface area contributed by atoms with E-state index in [1.54, 1.807) is 0 Å². The van der Waals surface area contributed by atoms with Crippen LogP contribution in [0, 0.1) is 19.7 Å². The van der Waals surface area contributed by atoms with Gasteiger partial charge in [0.05, 0.1) is 12.2 Å². The molecule has 0 radical (unpaired) electrons. The molecule has 0 aliphatic heterocycles. The minimum absolute atomic E-state index is 0.154. The summed E-state index contributed by atoms with van der Waals surface area (Å²) in [6.07, 6.45) is 0. The van der Waals surface area contributed by atoms with Crippen LogP contribution in [0.5, 0.6) is 0 Å². The highest BCUT2D eigenvalue weighted by atomic mass is 19.1. The van der Waals surface area contributed by atoms with E-state index in [0.717, 1.165) is 17.0 Å².